The van der Waals surface area contributed by atoms with Crippen molar-refractivity contribution in [2.45, 2.75) is 12.0 Å². The van der Waals surface area contributed by atoms with E-state index in [0.29, 0.717) is 17.2 Å². The number of carbonyl (C=O) groups excluding carboxylic acids is 1. The van der Waals surface area contributed by atoms with E-state index in [1.54, 1.807) is 30.3 Å². The molecule has 3 aromatic carbocycles. The minimum atomic E-state index is -0.522. The van der Waals surface area contributed by atoms with Crippen molar-refractivity contribution in [3.63, 3.8) is 0 Å². The number of methoxy groups -OCH3 is 2. The predicted octanol–water partition coefficient (Wildman–Crippen LogP) is 3.93. The number of ether oxygens (including phenoxy) is 5. The average molecular weight is 491 g/mol. The van der Waals surface area contributed by atoms with Crippen molar-refractivity contribution in [2.24, 2.45) is 11.8 Å². The maximum Gasteiger partial charge on any atom is 0.310 e. The van der Waals surface area contributed by atoms with Gasteiger partial charge in [-0.05, 0) is 53.1 Å². The summed E-state index contributed by atoms with van der Waals surface area (Å²) in [6, 6.07) is 13.9. The minimum Gasteiger partial charge on any atom is -0.508 e. The van der Waals surface area contributed by atoms with Gasteiger partial charge in [0.25, 0.3) is 0 Å². The molecule has 0 amide bonds. The van der Waals surface area contributed by atoms with E-state index in [-0.39, 0.29) is 54.3 Å². The van der Waals surface area contributed by atoms with Gasteiger partial charge in [-0.25, -0.2) is 0 Å². The average Bonchev–Trinajstić information content (AvgIpc) is 3.49. The topological polar surface area (TPSA) is 116 Å². The molecule has 4 atom stereocenters. The molecule has 0 radical (unpaired) electrons. The third-order valence-electron chi connectivity index (χ3n) is 7.22. The Hall–Kier alpha value is -4.27. The lowest BCUT2D eigenvalue weighted by molar-refractivity contribution is -0.141. The van der Waals surface area contributed by atoms with Crippen LogP contribution in [0.5, 0.6) is 34.5 Å². The van der Waals surface area contributed by atoms with Gasteiger partial charge in [-0.2, -0.15) is 0 Å². The molecule has 2 aliphatic heterocycles. The zero-order valence-corrected chi connectivity index (χ0v) is 19.7. The molecule has 3 aromatic rings. The van der Waals surface area contributed by atoms with Crippen LogP contribution in [-0.2, 0) is 9.53 Å². The first-order valence-electron chi connectivity index (χ1n) is 11.6. The maximum atomic E-state index is 13.2. The number of cyclic esters (lactones) is 1. The molecule has 0 spiro atoms. The maximum absolute atomic E-state index is 13.2. The molecule has 0 unspecified atom stereocenters. The normalized spacial score (nSPS) is 23.4. The van der Waals surface area contributed by atoms with E-state index in [1.807, 2.05) is 18.2 Å². The Morgan fingerprint density at radius 3 is 2.28 bits per heavy atom. The van der Waals surface area contributed by atoms with Crippen molar-refractivity contribution >= 4 is 11.7 Å². The van der Waals surface area contributed by atoms with Crippen molar-refractivity contribution in [3.8, 4) is 34.5 Å². The molecular formula is C27H25NO8. The third kappa shape index (κ3) is 3.42. The van der Waals surface area contributed by atoms with E-state index < -0.39 is 11.8 Å². The molecule has 36 heavy (non-hydrogen) atoms. The van der Waals surface area contributed by atoms with Crippen LogP contribution >= 0.6 is 0 Å². The van der Waals surface area contributed by atoms with Crippen LogP contribution in [0.15, 0.2) is 48.5 Å². The van der Waals surface area contributed by atoms with Crippen molar-refractivity contribution in [3.05, 3.63) is 65.2 Å². The van der Waals surface area contributed by atoms with Crippen LogP contribution in [0, 0.1) is 11.8 Å². The van der Waals surface area contributed by atoms with Gasteiger partial charge in [0.1, 0.15) is 5.75 Å². The van der Waals surface area contributed by atoms with Gasteiger partial charge in [0.05, 0.1) is 32.8 Å². The summed E-state index contributed by atoms with van der Waals surface area (Å²) in [4.78, 5) is 13.2. The fourth-order valence-electron chi connectivity index (χ4n) is 5.62. The summed E-state index contributed by atoms with van der Waals surface area (Å²) in [6.07, 6.45) is 0. The fraction of sp³-hybridized carbons (Fsp3) is 0.296. The van der Waals surface area contributed by atoms with Gasteiger partial charge >= 0.3 is 5.97 Å². The number of benzene rings is 3. The number of hydrogen-bond acceptors (Lipinski definition) is 9. The lowest BCUT2D eigenvalue weighted by Crippen LogP contribution is -2.37. The standard InChI is InChI=1S/C27H25NO8/c1-32-21-6-13(7-22(33-2)26(21)30)23-16-9-19-20(36-12-35-19)10-17(16)25(18-11-34-27(31)24(18)23)28-14-4-3-5-15(29)8-14/h3-10,18,23-25,28-30H,11-12H2,1-2H3/t18-,23+,24-,25-/m0/s1. The second-order valence-corrected chi connectivity index (χ2v) is 9.08. The van der Waals surface area contributed by atoms with Gasteiger partial charge < -0.3 is 39.2 Å². The molecule has 1 aliphatic carbocycles. The first-order chi connectivity index (χ1) is 17.5. The summed E-state index contributed by atoms with van der Waals surface area (Å²) in [7, 11) is 2.93. The van der Waals surface area contributed by atoms with Crippen LogP contribution in [0.25, 0.3) is 0 Å². The minimum absolute atomic E-state index is 0.112. The summed E-state index contributed by atoms with van der Waals surface area (Å²) in [5.74, 6) is 0.274. The number of phenols is 2. The summed E-state index contributed by atoms with van der Waals surface area (Å²) in [5, 5.41) is 24.0. The highest BCUT2D eigenvalue weighted by molar-refractivity contribution is 5.79. The van der Waals surface area contributed by atoms with Crippen molar-refractivity contribution in [2.75, 3.05) is 32.9 Å². The Bertz CT molecular complexity index is 1330. The highest BCUT2D eigenvalue weighted by Crippen LogP contribution is 2.56. The zero-order chi connectivity index (χ0) is 25.0. The molecular weight excluding hydrogens is 466 g/mol. The smallest absolute Gasteiger partial charge is 0.310 e. The molecule has 2 heterocycles. The first kappa shape index (κ1) is 22.2. The van der Waals surface area contributed by atoms with Gasteiger partial charge in [0.2, 0.25) is 12.5 Å². The zero-order valence-electron chi connectivity index (χ0n) is 19.7. The Morgan fingerprint density at radius 1 is 0.917 bits per heavy atom. The monoisotopic (exact) mass is 491 g/mol. The van der Waals surface area contributed by atoms with E-state index in [2.05, 4.69) is 5.32 Å². The molecule has 0 aromatic heterocycles. The van der Waals surface area contributed by atoms with E-state index in [9.17, 15) is 15.0 Å². The van der Waals surface area contributed by atoms with E-state index in [1.165, 1.54) is 14.2 Å². The Morgan fingerprint density at radius 2 is 1.61 bits per heavy atom. The van der Waals surface area contributed by atoms with Crippen LogP contribution in [0.2, 0.25) is 0 Å². The summed E-state index contributed by atoms with van der Waals surface area (Å²) < 4.78 is 27.8. The number of carbonyl (C=O) groups is 1. The molecule has 9 heteroatoms. The Labute approximate surface area is 207 Å². The number of esters is 1. The molecule has 0 bridgehead atoms. The molecule has 0 saturated carbocycles. The summed E-state index contributed by atoms with van der Waals surface area (Å²) in [6.45, 7) is 0.347. The van der Waals surface area contributed by atoms with Gasteiger partial charge in [-0.3, -0.25) is 4.79 Å². The number of phenolic OH excluding ortho intramolecular Hbond substituents is 2. The molecule has 9 nitrogen and oxygen atoms in total. The van der Waals surface area contributed by atoms with Gasteiger partial charge in [0, 0.05) is 23.6 Å². The van der Waals surface area contributed by atoms with Crippen molar-refractivity contribution in [1.29, 1.82) is 0 Å². The highest BCUT2D eigenvalue weighted by atomic mass is 16.7. The number of fused-ring (bicyclic) bond motifs is 3. The van der Waals surface area contributed by atoms with E-state index in [4.69, 9.17) is 23.7 Å². The largest absolute Gasteiger partial charge is 0.508 e. The molecule has 1 saturated heterocycles. The Kier molecular flexibility index (Phi) is 5.21. The van der Waals surface area contributed by atoms with Crippen molar-refractivity contribution < 1.29 is 38.7 Å². The van der Waals surface area contributed by atoms with Crippen LogP contribution in [0.3, 0.4) is 0 Å². The van der Waals surface area contributed by atoms with Gasteiger partial charge in [0.15, 0.2) is 23.0 Å². The van der Waals surface area contributed by atoms with Crippen LogP contribution in [-0.4, -0.2) is 43.8 Å². The highest BCUT2D eigenvalue weighted by Gasteiger charge is 2.52. The van der Waals surface area contributed by atoms with Crippen LogP contribution < -0.4 is 24.3 Å². The number of anilines is 1. The van der Waals surface area contributed by atoms with E-state index >= 15 is 0 Å². The number of rotatable bonds is 5. The molecule has 3 N–H and O–H groups in total. The number of aromatic hydroxyl groups is 2. The molecule has 186 valence electrons. The lowest BCUT2D eigenvalue weighted by Gasteiger charge is -2.40. The molecule has 3 aliphatic rings. The third-order valence-corrected chi connectivity index (χ3v) is 7.22. The second-order valence-electron chi connectivity index (χ2n) is 9.08. The summed E-state index contributed by atoms with van der Waals surface area (Å²) in [5.41, 5.74) is 3.25. The lowest BCUT2D eigenvalue weighted by atomic mass is 9.65. The second kappa shape index (κ2) is 8.44. The molecule has 6 rings (SSSR count). The number of hydrogen-bond donors (Lipinski definition) is 3. The van der Waals surface area contributed by atoms with Crippen LogP contribution in [0.4, 0.5) is 5.69 Å². The first-order valence-corrected chi connectivity index (χ1v) is 11.6. The SMILES string of the molecule is COc1cc([C@@H]2c3cc4c(cc3[C@H](Nc3cccc(O)c3)[C@H]3COC(=O)[C@H]23)OCO4)cc(OC)c1O. The van der Waals surface area contributed by atoms with Gasteiger partial charge in [-0.1, -0.05) is 6.07 Å². The molecule has 1 fully saturated rings. The van der Waals surface area contributed by atoms with E-state index in [0.717, 1.165) is 16.7 Å². The fourth-order valence-corrected chi connectivity index (χ4v) is 5.62. The van der Waals surface area contributed by atoms with Gasteiger partial charge in [-0.15, -0.1) is 0 Å². The van der Waals surface area contributed by atoms with Crippen molar-refractivity contribution in [1.82, 2.24) is 0 Å². The summed E-state index contributed by atoms with van der Waals surface area (Å²) >= 11 is 0. The van der Waals surface area contributed by atoms with Crippen LogP contribution in [0.1, 0.15) is 28.7 Å². The number of nitrogens with one attached hydrogen (secondary N) is 1. The predicted molar refractivity (Wildman–Crippen MR) is 128 cm³/mol. The quantitative estimate of drug-likeness (QED) is 0.457. The Balaban J connectivity index is 1.55.